The smallest absolute Gasteiger partial charge is 0.321 e. The third kappa shape index (κ3) is 4.80. The van der Waals surface area contributed by atoms with E-state index in [0.717, 1.165) is 31.4 Å². The normalized spacial score (nSPS) is 31.8. The van der Waals surface area contributed by atoms with Gasteiger partial charge in [0, 0.05) is 23.7 Å². The molecule has 1 aliphatic carbocycles. The average molecular weight is 489 g/mol. The molecule has 3 aliphatic rings. The SMILES string of the molecule is O=C(O)C1CC2CC(CN3CC(n4nnc(-c5cccc(Cl)c5)n4)CC3C(=O)O)CCC2CN1. The molecule has 0 bridgehead atoms. The van der Waals surface area contributed by atoms with Crippen LogP contribution in [0.3, 0.4) is 0 Å². The van der Waals surface area contributed by atoms with Crippen molar-refractivity contribution in [2.24, 2.45) is 17.8 Å². The molecule has 3 heterocycles. The van der Waals surface area contributed by atoms with Crippen molar-refractivity contribution in [2.75, 3.05) is 19.6 Å². The van der Waals surface area contributed by atoms with Gasteiger partial charge in [0.1, 0.15) is 12.1 Å². The first kappa shape index (κ1) is 23.2. The number of carboxylic acid groups (broad SMARTS) is 2. The van der Waals surface area contributed by atoms with Crippen LogP contribution in [0.15, 0.2) is 24.3 Å². The number of nitrogens with zero attached hydrogens (tertiary/aromatic N) is 5. The highest BCUT2D eigenvalue weighted by molar-refractivity contribution is 6.30. The third-order valence-corrected chi connectivity index (χ3v) is 7.94. The maximum absolute atomic E-state index is 12.0. The molecule has 2 aromatic rings. The molecule has 0 amide bonds. The first-order valence-corrected chi connectivity index (χ1v) is 12.2. The number of rotatable bonds is 6. The lowest BCUT2D eigenvalue weighted by atomic mass is 9.69. The number of fused-ring (bicyclic) bond motifs is 1. The molecule has 2 saturated heterocycles. The number of carboxylic acids is 2. The van der Waals surface area contributed by atoms with Crippen molar-refractivity contribution < 1.29 is 19.8 Å². The molecule has 0 radical (unpaired) electrons. The fourth-order valence-corrected chi connectivity index (χ4v) is 6.17. The Morgan fingerprint density at radius 3 is 2.74 bits per heavy atom. The number of carbonyl (C=O) groups is 2. The standard InChI is InChI=1S/C23H29ClN6O4/c24-17-3-1-2-14(7-17)21-26-28-30(27-21)18-9-20(23(33)34)29(12-18)11-13-4-5-15-10-25-19(22(31)32)8-16(15)6-13/h1-3,7,13,15-16,18-20,25H,4-6,8-12H2,(H,31,32)(H,33,34). The van der Waals surface area contributed by atoms with Crippen molar-refractivity contribution in [3.05, 3.63) is 29.3 Å². The molecule has 3 fully saturated rings. The topological polar surface area (TPSA) is 133 Å². The second kappa shape index (κ2) is 9.59. The molecule has 3 N–H and O–H groups in total. The second-order valence-corrected chi connectivity index (χ2v) is 10.3. The predicted molar refractivity (Wildman–Crippen MR) is 123 cm³/mol. The summed E-state index contributed by atoms with van der Waals surface area (Å²) in [5, 5.41) is 35.9. The largest absolute Gasteiger partial charge is 0.480 e. The summed E-state index contributed by atoms with van der Waals surface area (Å²) in [5.41, 5.74) is 0.766. The number of benzene rings is 1. The van der Waals surface area contributed by atoms with Gasteiger partial charge in [-0.15, -0.1) is 10.2 Å². The van der Waals surface area contributed by atoms with Crippen LogP contribution in [0.5, 0.6) is 0 Å². The predicted octanol–water partition coefficient (Wildman–Crippen LogP) is 2.17. The zero-order chi connectivity index (χ0) is 23.8. The van der Waals surface area contributed by atoms with Gasteiger partial charge >= 0.3 is 11.9 Å². The molecule has 5 rings (SSSR count). The summed E-state index contributed by atoms with van der Waals surface area (Å²) in [5.74, 6) is 0.0911. The quantitative estimate of drug-likeness (QED) is 0.559. The van der Waals surface area contributed by atoms with Crippen LogP contribution >= 0.6 is 11.6 Å². The fraction of sp³-hybridized carbons (Fsp3) is 0.609. The number of nitrogens with one attached hydrogen (secondary N) is 1. The lowest BCUT2D eigenvalue weighted by molar-refractivity contribution is -0.143. The van der Waals surface area contributed by atoms with Gasteiger partial charge in [0.05, 0.1) is 6.04 Å². The Morgan fingerprint density at radius 1 is 1.12 bits per heavy atom. The van der Waals surface area contributed by atoms with Crippen molar-refractivity contribution in [3.8, 4) is 11.4 Å². The molecule has 6 unspecified atom stereocenters. The van der Waals surface area contributed by atoms with Gasteiger partial charge in [-0.25, -0.2) is 0 Å². The van der Waals surface area contributed by atoms with E-state index in [-0.39, 0.29) is 6.04 Å². The van der Waals surface area contributed by atoms with E-state index in [0.29, 0.717) is 54.5 Å². The molecule has 182 valence electrons. The Morgan fingerprint density at radius 2 is 1.97 bits per heavy atom. The number of hydrogen-bond donors (Lipinski definition) is 3. The van der Waals surface area contributed by atoms with E-state index in [2.05, 4.69) is 20.7 Å². The molecule has 1 saturated carbocycles. The van der Waals surface area contributed by atoms with Crippen LogP contribution in [0, 0.1) is 17.8 Å². The summed E-state index contributed by atoms with van der Waals surface area (Å²) in [6.45, 7) is 1.99. The molecular weight excluding hydrogens is 460 g/mol. The number of likely N-dealkylation sites (tertiary alicyclic amines) is 1. The number of tetrazole rings is 1. The van der Waals surface area contributed by atoms with Crippen LogP contribution in [0.1, 0.15) is 38.1 Å². The molecule has 6 atom stereocenters. The van der Waals surface area contributed by atoms with Crippen molar-refractivity contribution in [1.29, 1.82) is 0 Å². The van der Waals surface area contributed by atoms with Crippen molar-refractivity contribution in [3.63, 3.8) is 0 Å². The van der Waals surface area contributed by atoms with Gasteiger partial charge < -0.3 is 15.5 Å². The number of hydrogen-bond acceptors (Lipinski definition) is 7. The zero-order valence-electron chi connectivity index (χ0n) is 18.8. The molecular formula is C23H29ClN6O4. The molecule has 2 aliphatic heterocycles. The Labute approximate surface area is 202 Å². The number of aliphatic carboxylic acids is 2. The number of halogens is 1. The van der Waals surface area contributed by atoms with Crippen molar-refractivity contribution in [1.82, 2.24) is 30.4 Å². The Kier molecular flexibility index (Phi) is 6.54. The fourth-order valence-electron chi connectivity index (χ4n) is 5.97. The molecule has 0 spiro atoms. The third-order valence-electron chi connectivity index (χ3n) is 7.71. The van der Waals surface area contributed by atoms with Gasteiger partial charge in [-0.05, 0) is 73.7 Å². The molecule has 1 aromatic carbocycles. The van der Waals surface area contributed by atoms with Gasteiger partial charge in [-0.3, -0.25) is 14.5 Å². The highest BCUT2D eigenvalue weighted by Crippen LogP contribution is 2.40. The molecule has 34 heavy (non-hydrogen) atoms. The number of piperidine rings is 1. The minimum absolute atomic E-state index is 0.173. The van der Waals surface area contributed by atoms with E-state index in [1.165, 1.54) is 4.80 Å². The number of aromatic nitrogens is 4. The summed E-state index contributed by atoms with van der Waals surface area (Å²) >= 11 is 6.07. The summed E-state index contributed by atoms with van der Waals surface area (Å²) < 4.78 is 0. The minimum atomic E-state index is -0.834. The molecule has 10 nitrogen and oxygen atoms in total. The van der Waals surface area contributed by atoms with E-state index in [1.54, 1.807) is 12.1 Å². The Hall–Kier alpha value is -2.56. The minimum Gasteiger partial charge on any atom is -0.480 e. The van der Waals surface area contributed by atoms with Crippen LogP contribution in [0.25, 0.3) is 11.4 Å². The monoisotopic (exact) mass is 488 g/mol. The summed E-state index contributed by atoms with van der Waals surface area (Å²) in [6, 6.07) is 5.99. The van der Waals surface area contributed by atoms with Gasteiger partial charge in [-0.2, -0.15) is 4.80 Å². The summed E-state index contributed by atoms with van der Waals surface area (Å²) in [4.78, 5) is 27.0. The van der Waals surface area contributed by atoms with E-state index >= 15 is 0 Å². The van der Waals surface area contributed by atoms with Crippen LogP contribution in [0.4, 0.5) is 0 Å². The van der Waals surface area contributed by atoms with Crippen molar-refractivity contribution >= 4 is 23.5 Å². The van der Waals surface area contributed by atoms with Gasteiger partial charge in [0.2, 0.25) is 5.82 Å². The maximum atomic E-state index is 12.0. The van der Waals surface area contributed by atoms with Crippen molar-refractivity contribution in [2.45, 2.75) is 50.2 Å². The zero-order valence-corrected chi connectivity index (χ0v) is 19.5. The van der Waals surface area contributed by atoms with E-state index < -0.39 is 24.0 Å². The van der Waals surface area contributed by atoms with Gasteiger partial charge in [0.15, 0.2) is 0 Å². The van der Waals surface area contributed by atoms with Crippen LogP contribution in [-0.2, 0) is 9.59 Å². The van der Waals surface area contributed by atoms with Crippen LogP contribution in [-0.4, -0.2) is 79.0 Å². The second-order valence-electron chi connectivity index (χ2n) is 9.88. The highest BCUT2D eigenvalue weighted by Gasteiger charge is 2.42. The van der Waals surface area contributed by atoms with E-state index in [9.17, 15) is 19.8 Å². The molecule has 11 heteroatoms. The average Bonchev–Trinajstić information content (AvgIpc) is 3.46. The first-order valence-electron chi connectivity index (χ1n) is 11.9. The Bertz CT molecular complexity index is 1060. The molecule has 1 aromatic heterocycles. The first-order chi connectivity index (χ1) is 16.4. The maximum Gasteiger partial charge on any atom is 0.321 e. The summed E-state index contributed by atoms with van der Waals surface area (Å²) in [7, 11) is 0. The lowest BCUT2D eigenvalue weighted by Crippen LogP contribution is -2.50. The summed E-state index contributed by atoms with van der Waals surface area (Å²) in [6.07, 6.45) is 4.11. The highest BCUT2D eigenvalue weighted by atomic mass is 35.5. The van der Waals surface area contributed by atoms with E-state index in [1.807, 2.05) is 17.0 Å². The van der Waals surface area contributed by atoms with Gasteiger partial charge in [0.25, 0.3) is 0 Å². The lowest BCUT2D eigenvalue weighted by Gasteiger charge is -2.42. The van der Waals surface area contributed by atoms with E-state index in [4.69, 9.17) is 11.6 Å². The van der Waals surface area contributed by atoms with Gasteiger partial charge in [-0.1, -0.05) is 23.7 Å². The van der Waals surface area contributed by atoms with Crippen LogP contribution < -0.4 is 5.32 Å². The Balaban J connectivity index is 1.25. The van der Waals surface area contributed by atoms with Crippen LogP contribution in [0.2, 0.25) is 5.02 Å².